The van der Waals surface area contributed by atoms with Crippen molar-refractivity contribution < 1.29 is 41.4 Å². The molecule has 5 nitrogen and oxygen atoms in total. The number of nitrogens with one attached hydrogen (secondary N) is 1. The van der Waals surface area contributed by atoms with Crippen LogP contribution in [0.15, 0.2) is 72.8 Å². The maximum atomic E-state index is 14.1. The summed E-state index contributed by atoms with van der Waals surface area (Å²) in [5.41, 5.74) is 2.96. The highest BCUT2D eigenvalue weighted by molar-refractivity contribution is 5.81. The molecule has 204 valence electrons. The number of benzene rings is 4. The molecule has 0 heterocycles. The highest BCUT2D eigenvalue weighted by Gasteiger charge is 2.30. The largest absolute Gasteiger partial charge is 0.480 e. The number of carbonyl (C=O) groups excluding carboxylic acids is 1. The van der Waals surface area contributed by atoms with Gasteiger partial charge in [-0.1, -0.05) is 72.8 Å². The lowest BCUT2D eigenvalue weighted by Gasteiger charge is -2.18. The molecule has 0 unspecified atom stereocenters. The summed E-state index contributed by atoms with van der Waals surface area (Å²) in [6, 6.07) is 18.7. The molecule has 2 N–H and O–H groups in total. The van der Waals surface area contributed by atoms with E-state index in [4.69, 9.17) is 4.74 Å². The summed E-state index contributed by atoms with van der Waals surface area (Å²) in [7, 11) is 0. The first kappa shape index (κ1) is 26.9. The van der Waals surface area contributed by atoms with Gasteiger partial charge in [-0.3, -0.25) is 0 Å². The second-order valence-electron chi connectivity index (χ2n) is 9.21. The number of ether oxygens (including phenoxy) is 1. The highest BCUT2D eigenvalue weighted by Crippen LogP contribution is 2.44. The Morgan fingerprint density at radius 3 is 1.77 bits per heavy atom. The lowest BCUT2D eigenvalue weighted by molar-refractivity contribution is -0.139. The molecular weight excluding hydrogens is 533 g/mol. The summed E-state index contributed by atoms with van der Waals surface area (Å²) >= 11 is 0. The fourth-order valence-corrected chi connectivity index (χ4v) is 4.88. The van der Waals surface area contributed by atoms with Crippen LogP contribution in [0.2, 0.25) is 0 Å². The summed E-state index contributed by atoms with van der Waals surface area (Å²) in [5.74, 6) is -12.0. The van der Waals surface area contributed by atoms with E-state index in [-0.39, 0.29) is 24.5 Å². The molecule has 0 spiro atoms. The van der Waals surface area contributed by atoms with E-state index in [1.54, 1.807) is 0 Å². The molecule has 10 heteroatoms. The van der Waals surface area contributed by atoms with Gasteiger partial charge in [-0.25, -0.2) is 31.5 Å². The molecule has 0 aliphatic heterocycles. The number of amides is 1. The first-order valence-electron chi connectivity index (χ1n) is 12.1. The molecule has 4 aromatic rings. The van der Waals surface area contributed by atoms with Gasteiger partial charge in [0.2, 0.25) is 5.82 Å². The number of alkyl carbamates (subject to hydrolysis) is 1. The van der Waals surface area contributed by atoms with Crippen molar-refractivity contribution in [3.05, 3.63) is 119 Å². The van der Waals surface area contributed by atoms with Gasteiger partial charge in [0.05, 0.1) is 5.56 Å². The fourth-order valence-electron chi connectivity index (χ4n) is 4.88. The lowest BCUT2D eigenvalue weighted by Crippen LogP contribution is -2.42. The molecule has 0 saturated carbocycles. The van der Waals surface area contributed by atoms with Gasteiger partial charge in [0.1, 0.15) is 12.6 Å². The Bertz CT molecular complexity index is 1550. The summed E-state index contributed by atoms with van der Waals surface area (Å²) < 4.78 is 74.2. The molecule has 1 amide bonds. The summed E-state index contributed by atoms with van der Waals surface area (Å²) in [4.78, 5) is 24.4. The average Bonchev–Trinajstić information content (AvgIpc) is 3.28. The normalized spacial score (nSPS) is 12.9. The molecule has 1 aliphatic rings. The molecule has 0 radical (unpaired) electrons. The third-order valence-electron chi connectivity index (χ3n) is 6.83. The molecular formula is C30H20F5NO4. The molecule has 4 aromatic carbocycles. The molecule has 0 fully saturated rings. The number of hydrogen-bond acceptors (Lipinski definition) is 3. The van der Waals surface area contributed by atoms with Gasteiger partial charge < -0.3 is 15.2 Å². The quantitative estimate of drug-likeness (QED) is 0.154. The van der Waals surface area contributed by atoms with Crippen LogP contribution in [0, 0.1) is 29.1 Å². The zero-order valence-corrected chi connectivity index (χ0v) is 20.6. The van der Waals surface area contributed by atoms with Crippen LogP contribution in [0.25, 0.3) is 22.3 Å². The zero-order chi connectivity index (χ0) is 28.6. The highest BCUT2D eigenvalue weighted by atomic mass is 19.2. The summed E-state index contributed by atoms with van der Waals surface area (Å²) in [6.45, 7) is -0.0250. The number of fused-ring (bicyclic) bond motifs is 3. The average molecular weight is 553 g/mol. The second kappa shape index (κ2) is 10.8. The van der Waals surface area contributed by atoms with Crippen molar-refractivity contribution in [1.29, 1.82) is 0 Å². The Balaban J connectivity index is 1.26. The van der Waals surface area contributed by atoms with E-state index in [1.807, 2.05) is 48.5 Å². The van der Waals surface area contributed by atoms with Crippen molar-refractivity contribution in [2.24, 2.45) is 0 Å². The smallest absolute Gasteiger partial charge is 0.407 e. The Hall–Kier alpha value is -4.73. The number of rotatable bonds is 7. The second-order valence-corrected chi connectivity index (χ2v) is 9.21. The van der Waals surface area contributed by atoms with Crippen molar-refractivity contribution in [2.45, 2.75) is 18.4 Å². The van der Waals surface area contributed by atoms with Crippen LogP contribution in [0.5, 0.6) is 0 Å². The van der Waals surface area contributed by atoms with Crippen molar-refractivity contribution in [2.75, 3.05) is 6.61 Å². The van der Waals surface area contributed by atoms with E-state index >= 15 is 0 Å². The van der Waals surface area contributed by atoms with Crippen LogP contribution in [0.1, 0.15) is 22.6 Å². The molecule has 1 aliphatic carbocycles. The van der Waals surface area contributed by atoms with Crippen molar-refractivity contribution in [3.63, 3.8) is 0 Å². The van der Waals surface area contributed by atoms with Gasteiger partial charge >= 0.3 is 12.1 Å². The monoisotopic (exact) mass is 553 g/mol. The predicted molar refractivity (Wildman–Crippen MR) is 135 cm³/mol. The maximum Gasteiger partial charge on any atom is 0.407 e. The zero-order valence-electron chi connectivity index (χ0n) is 20.6. The molecule has 0 saturated heterocycles. The van der Waals surface area contributed by atoms with Crippen LogP contribution >= 0.6 is 0 Å². The molecule has 40 heavy (non-hydrogen) atoms. The Morgan fingerprint density at radius 2 is 1.25 bits per heavy atom. The standard InChI is InChI=1S/C30H20F5NO4/c31-24-23(25(32)27(34)28(35)26(24)33)16-11-9-15(10-12-16)13-22(29(37)38)36-30(39)40-14-21-19-7-3-1-5-17(19)18-6-2-4-8-20(18)21/h1-12,21-22H,13-14H2,(H,36,39)(H,37,38)/t22-/m1/s1. The topological polar surface area (TPSA) is 75.6 Å². The predicted octanol–water partition coefficient (Wildman–Crippen LogP) is 6.58. The number of carboxylic acid groups (broad SMARTS) is 1. The van der Waals surface area contributed by atoms with Crippen molar-refractivity contribution in [1.82, 2.24) is 5.32 Å². The van der Waals surface area contributed by atoms with Crippen LogP contribution in [0.4, 0.5) is 26.7 Å². The number of aliphatic carboxylic acids is 1. The van der Waals surface area contributed by atoms with E-state index in [0.29, 0.717) is 5.56 Å². The molecule has 1 atom stereocenters. The Morgan fingerprint density at radius 1 is 0.750 bits per heavy atom. The number of carboxylic acids is 1. The van der Waals surface area contributed by atoms with Gasteiger partial charge in [0.15, 0.2) is 23.3 Å². The van der Waals surface area contributed by atoms with Gasteiger partial charge in [-0.2, -0.15) is 0 Å². The van der Waals surface area contributed by atoms with Gasteiger partial charge in [-0.15, -0.1) is 0 Å². The van der Waals surface area contributed by atoms with Crippen LogP contribution in [0.3, 0.4) is 0 Å². The van der Waals surface area contributed by atoms with Crippen molar-refractivity contribution >= 4 is 12.1 Å². The van der Waals surface area contributed by atoms with E-state index in [9.17, 15) is 36.6 Å². The molecule has 5 rings (SSSR count). The third-order valence-corrected chi connectivity index (χ3v) is 6.83. The third kappa shape index (κ3) is 4.88. The number of carbonyl (C=O) groups is 2. The first-order chi connectivity index (χ1) is 19.2. The van der Waals surface area contributed by atoms with Gasteiger partial charge in [-0.05, 0) is 33.4 Å². The Kier molecular flexibility index (Phi) is 7.25. The fraction of sp³-hybridized carbons (Fsp3) is 0.133. The minimum Gasteiger partial charge on any atom is -0.480 e. The number of hydrogen-bond donors (Lipinski definition) is 2. The summed E-state index contributed by atoms with van der Waals surface area (Å²) in [5, 5.41) is 11.9. The first-order valence-corrected chi connectivity index (χ1v) is 12.1. The summed E-state index contributed by atoms with van der Waals surface area (Å²) in [6.07, 6.45) is -1.19. The van der Waals surface area contributed by atoms with Crippen LogP contribution < -0.4 is 5.32 Å². The van der Waals surface area contributed by atoms with E-state index in [1.165, 1.54) is 12.1 Å². The van der Waals surface area contributed by atoms with Crippen LogP contribution in [-0.2, 0) is 16.0 Å². The van der Waals surface area contributed by atoms with Gasteiger partial charge in [0, 0.05) is 12.3 Å². The molecule has 0 bridgehead atoms. The van der Waals surface area contributed by atoms with E-state index in [0.717, 1.165) is 34.4 Å². The van der Waals surface area contributed by atoms with Crippen LogP contribution in [-0.4, -0.2) is 29.8 Å². The Labute approximate surface area is 224 Å². The lowest BCUT2D eigenvalue weighted by atomic mass is 9.98. The number of halogens is 5. The SMILES string of the molecule is O=C(N[C@H](Cc1ccc(-c2c(F)c(F)c(F)c(F)c2F)cc1)C(=O)O)OCC1c2ccccc2-c2ccccc21. The molecule has 0 aromatic heterocycles. The van der Waals surface area contributed by atoms with E-state index < -0.39 is 52.8 Å². The minimum atomic E-state index is -2.26. The minimum absolute atomic E-state index is 0.0250. The van der Waals surface area contributed by atoms with E-state index in [2.05, 4.69) is 5.32 Å². The van der Waals surface area contributed by atoms with Gasteiger partial charge in [0.25, 0.3) is 0 Å². The maximum absolute atomic E-state index is 14.1. The van der Waals surface area contributed by atoms with Crippen molar-refractivity contribution in [3.8, 4) is 22.3 Å².